The third kappa shape index (κ3) is 4.11. The molecule has 0 saturated heterocycles. The van der Waals surface area contributed by atoms with Gasteiger partial charge in [-0.2, -0.15) is 0 Å². The second kappa shape index (κ2) is 7.30. The van der Waals surface area contributed by atoms with E-state index in [4.69, 9.17) is 16.9 Å². The van der Waals surface area contributed by atoms with E-state index in [0.717, 1.165) is 12.1 Å². The maximum atomic E-state index is 13.4. The first-order valence-electron chi connectivity index (χ1n) is 6.26. The van der Waals surface area contributed by atoms with Gasteiger partial charge in [0, 0.05) is 11.8 Å². The van der Waals surface area contributed by atoms with E-state index in [9.17, 15) is 18.4 Å². The van der Waals surface area contributed by atoms with Crippen molar-refractivity contribution in [2.24, 2.45) is 11.5 Å². The Morgan fingerprint density at radius 3 is 2.41 bits per heavy atom. The van der Waals surface area contributed by atoms with Gasteiger partial charge in [-0.25, -0.2) is 13.6 Å². The van der Waals surface area contributed by atoms with Crippen LogP contribution in [-0.2, 0) is 9.53 Å². The van der Waals surface area contributed by atoms with Gasteiger partial charge >= 0.3 is 5.97 Å². The molecule has 0 bridgehead atoms. The molecule has 1 aromatic rings. The lowest BCUT2D eigenvalue weighted by Gasteiger charge is -2.09. The summed E-state index contributed by atoms with van der Waals surface area (Å²) in [5.41, 5.74) is 10.1. The summed E-state index contributed by atoms with van der Waals surface area (Å²) in [6.07, 6.45) is 0.255. The summed E-state index contributed by atoms with van der Waals surface area (Å²) in [5.74, 6) is -4.39. The molecule has 0 heterocycles. The molecule has 8 heteroatoms. The van der Waals surface area contributed by atoms with E-state index in [1.807, 2.05) is 0 Å². The molecule has 0 amide bonds. The fourth-order valence-electron chi connectivity index (χ4n) is 1.59. The van der Waals surface area contributed by atoms with E-state index in [0.29, 0.717) is 6.07 Å². The van der Waals surface area contributed by atoms with Crippen LogP contribution >= 0.6 is 0 Å². The molecule has 118 valence electrons. The van der Waals surface area contributed by atoms with Crippen molar-refractivity contribution in [1.29, 1.82) is 5.41 Å². The van der Waals surface area contributed by atoms with Crippen LogP contribution in [0.25, 0.3) is 0 Å². The Balaban J connectivity index is 2.83. The summed E-state index contributed by atoms with van der Waals surface area (Å²) in [5, 5.41) is 7.28. The molecule has 0 atom stereocenters. The largest absolute Gasteiger partial charge is 0.454 e. The van der Waals surface area contributed by atoms with Gasteiger partial charge in [-0.3, -0.25) is 10.2 Å². The maximum absolute atomic E-state index is 13.4. The van der Waals surface area contributed by atoms with Crippen molar-refractivity contribution in [3.05, 3.63) is 46.7 Å². The van der Waals surface area contributed by atoms with Crippen LogP contribution in [0.15, 0.2) is 29.5 Å². The number of halogens is 2. The first-order valence-corrected chi connectivity index (χ1v) is 6.26. The van der Waals surface area contributed by atoms with E-state index in [-0.39, 0.29) is 17.7 Å². The second-order valence-corrected chi connectivity index (χ2v) is 4.29. The van der Waals surface area contributed by atoms with Crippen LogP contribution in [0.3, 0.4) is 0 Å². The number of amidine groups is 1. The fraction of sp³-hybridized carbons (Fsp3) is 0.214. The number of ketones is 1. The van der Waals surface area contributed by atoms with Gasteiger partial charge in [0.2, 0.25) is 5.78 Å². The average molecular weight is 311 g/mol. The normalized spacial score (nSPS) is 11.6. The van der Waals surface area contributed by atoms with Crippen molar-refractivity contribution in [2.45, 2.75) is 13.3 Å². The first-order chi connectivity index (χ1) is 10.3. The predicted octanol–water partition coefficient (Wildman–Crippen LogP) is 1.25. The zero-order valence-corrected chi connectivity index (χ0v) is 11.8. The topological polar surface area (TPSA) is 119 Å². The highest BCUT2D eigenvalue weighted by Gasteiger charge is 2.20. The van der Waals surface area contributed by atoms with Gasteiger partial charge in [0.1, 0.15) is 23.0 Å². The molecular formula is C14H15F2N3O3. The Morgan fingerprint density at radius 2 is 1.91 bits per heavy atom. The zero-order valence-electron chi connectivity index (χ0n) is 11.8. The fourth-order valence-corrected chi connectivity index (χ4v) is 1.59. The lowest BCUT2D eigenvalue weighted by Crippen LogP contribution is -2.27. The number of esters is 1. The van der Waals surface area contributed by atoms with Gasteiger partial charge in [-0.05, 0) is 18.6 Å². The Labute approximate surface area is 125 Å². The van der Waals surface area contributed by atoms with Gasteiger partial charge in [0.15, 0.2) is 6.61 Å². The number of ether oxygens (including phenoxy) is 1. The quantitative estimate of drug-likeness (QED) is 0.240. The number of nitrogens with one attached hydrogen (secondary N) is 1. The SMILES string of the molecule is CC/C(N)=C(/C(=N)N)C(=O)OCC(=O)c1ccc(F)cc1F. The minimum atomic E-state index is -1.06. The molecule has 0 fully saturated rings. The molecule has 22 heavy (non-hydrogen) atoms. The minimum Gasteiger partial charge on any atom is -0.454 e. The van der Waals surface area contributed by atoms with Crippen LogP contribution in [0.1, 0.15) is 23.7 Å². The molecule has 0 unspecified atom stereocenters. The van der Waals surface area contributed by atoms with Crippen LogP contribution in [-0.4, -0.2) is 24.2 Å². The lowest BCUT2D eigenvalue weighted by molar-refractivity contribution is -0.137. The number of hydrogen-bond acceptors (Lipinski definition) is 5. The summed E-state index contributed by atoms with van der Waals surface area (Å²) in [4.78, 5) is 23.5. The van der Waals surface area contributed by atoms with Crippen LogP contribution in [0.4, 0.5) is 8.78 Å². The predicted molar refractivity (Wildman–Crippen MR) is 75.1 cm³/mol. The van der Waals surface area contributed by atoms with E-state index in [2.05, 4.69) is 4.74 Å². The molecule has 0 aliphatic heterocycles. The third-order valence-electron chi connectivity index (χ3n) is 2.74. The van der Waals surface area contributed by atoms with Crippen molar-refractivity contribution in [3.8, 4) is 0 Å². The first kappa shape index (κ1) is 17.3. The van der Waals surface area contributed by atoms with E-state index < -0.39 is 41.4 Å². The molecule has 0 saturated carbocycles. The summed E-state index contributed by atoms with van der Waals surface area (Å²) >= 11 is 0. The molecule has 0 aliphatic rings. The number of rotatable bonds is 6. The minimum absolute atomic E-state index is 0.0397. The van der Waals surface area contributed by atoms with Gasteiger partial charge in [-0.1, -0.05) is 6.92 Å². The average Bonchev–Trinajstić information content (AvgIpc) is 2.44. The summed E-state index contributed by atoms with van der Waals surface area (Å²) in [6, 6.07) is 2.40. The second-order valence-electron chi connectivity index (χ2n) is 4.29. The summed E-state index contributed by atoms with van der Waals surface area (Å²) in [6.45, 7) is 0.861. The van der Waals surface area contributed by atoms with Gasteiger partial charge < -0.3 is 16.2 Å². The Kier molecular flexibility index (Phi) is 5.73. The van der Waals surface area contributed by atoms with Gasteiger partial charge in [-0.15, -0.1) is 0 Å². The highest BCUT2D eigenvalue weighted by Crippen LogP contribution is 2.11. The van der Waals surface area contributed by atoms with Crippen LogP contribution in [0, 0.1) is 17.0 Å². The molecular weight excluding hydrogens is 296 g/mol. The van der Waals surface area contributed by atoms with Crippen molar-refractivity contribution < 1.29 is 23.1 Å². The Bertz CT molecular complexity index is 657. The number of carbonyl (C=O) groups is 2. The molecule has 6 nitrogen and oxygen atoms in total. The van der Waals surface area contributed by atoms with E-state index in [1.165, 1.54) is 0 Å². The molecule has 0 spiro atoms. The van der Waals surface area contributed by atoms with E-state index >= 15 is 0 Å². The number of nitrogens with two attached hydrogens (primary N) is 2. The number of allylic oxidation sites excluding steroid dienone is 1. The third-order valence-corrected chi connectivity index (χ3v) is 2.74. The smallest absolute Gasteiger partial charge is 0.344 e. The summed E-state index contributed by atoms with van der Waals surface area (Å²) in [7, 11) is 0. The molecule has 5 N–H and O–H groups in total. The van der Waals surface area contributed by atoms with Crippen LogP contribution in [0.5, 0.6) is 0 Å². The highest BCUT2D eigenvalue weighted by atomic mass is 19.1. The summed E-state index contributed by atoms with van der Waals surface area (Å²) < 4.78 is 30.8. The Hall–Kier alpha value is -2.77. The number of hydrogen-bond donors (Lipinski definition) is 3. The molecule has 1 rings (SSSR count). The van der Waals surface area contributed by atoms with Crippen molar-refractivity contribution in [1.82, 2.24) is 0 Å². The Morgan fingerprint density at radius 1 is 1.27 bits per heavy atom. The molecule has 1 aromatic carbocycles. The van der Waals surface area contributed by atoms with Crippen LogP contribution < -0.4 is 11.5 Å². The van der Waals surface area contributed by atoms with Crippen molar-refractivity contribution in [2.75, 3.05) is 6.61 Å². The molecule has 0 aliphatic carbocycles. The van der Waals surface area contributed by atoms with Crippen LogP contribution in [0.2, 0.25) is 0 Å². The zero-order chi connectivity index (χ0) is 16.9. The number of Topliss-reactive ketones (excluding diaryl/α,β-unsaturated/α-hetero) is 1. The van der Waals surface area contributed by atoms with Gasteiger partial charge in [0.05, 0.1) is 5.56 Å². The standard InChI is InChI=1S/C14H15F2N3O3/c1-2-10(17)12(13(18)19)14(21)22-6-11(20)8-4-3-7(15)5-9(8)16/h3-5H,2,6,17H2,1H3,(H3,18,19)/b12-10+. The van der Waals surface area contributed by atoms with Crippen molar-refractivity contribution in [3.63, 3.8) is 0 Å². The maximum Gasteiger partial charge on any atom is 0.344 e. The van der Waals surface area contributed by atoms with E-state index in [1.54, 1.807) is 6.92 Å². The van der Waals surface area contributed by atoms with Crippen molar-refractivity contribution >= 4 is 17.6 Å². The van der Waals surface area contributed by atoms with Gasteiger partial charge in [0.25, 0.3) is 0 Å². The number of benzene rings is 1. The molecule has 0 aromatic heterocycles. The monoisotopic (exact) mass is 311 g/mol. The highest BCUT2D eigenvalue weighted by molar-refractivity contribution is 6.17. The molecule has 0 radical (unpaired) electrons. The number of carbonyl (C=O) groups excluding carboxylic acids is 2. The lowest BCUT2D eigenvalue weighted by atomic mass is 10.1.